The molecule has 106 valence electrons. The molecule has 18 heavy (non-hydrogen) atoms. The lowest BCUT2D eigenvalue weighted by Gasteiger charge is -2.08. The zero-order chi connectivity index (χ0) is 13.8. The van der Waals surface area contributed by atoms with Gasteiger partial charge in [0.2, 0.25) is 0 Å². The Morgan fingerprint density at radius 2 is 1.78 bits per heavy atom. The van der Waals surface area contributed by atoms with Gasteiger partial charge in [0.15, 0.2) is 6.04 Å². The van der Waals surface area contributed by atoms with Gasteiger partial charge < -0.3 is 16.2 Å². The number of carbonyl (C=O) groups excluding carboxylic acids is 1. The Morgan fingerprint density at radius 3 is 2.39 bits per heavy atom. The number of aliphatic carboxylic acids is 1. The number of nitrogens with one attached hydrogen (secondary N) is 1. The second-order valence-corrected chi connectivity index (χ2v) is 4.86. The van der Waals surface area contributed by atoms with Crippen molar-refractivity contribution >= 4 is 24.5 Å². The summed E-state index contributed by atoms with van der Waals surface area (Å²) >= 11 is 4.06. The second kappa shape index (κ2) is 11.3. The van der Waals surface area contributed by atoms with Gasteiger partial charge in [-0.25, -0.2) is 0 Å². The van der Waals surface area contributed by atoms with E-state index in [2.05, 4.69) is 23.7 Å². The third kappa shape index (κ3) is 10.4. The highest BCUT2D eigenvalue weighted by Gasteiger charge is 2.14. The topological polar surface area (TPSA) is 94.0 Å². The summed E-state index contributed by atoms with van der Waals surface area (Å²) < 4.78 is 0. The summed E-state index contributed by atoms with van der Waals surface area (Å²) in [4.78, 5) is 21.7. The number of unbranched alkanes of at least 4 members (excludes halogenated alkanes) is 4. The molecule has 0 heterocycles. The summed E-state index contributed by atoms with van der Waals surface area (Å²) in [5, 5.41) is 11.3. The highest BCUT2D eigenvalue weighted by Crippen LogP contribution is 2.04. The minimum Gasteiger partial charge on any atom is -0.481 e. The van der Waals surface area contributed by atoms with Gasteiger partial charge in [-0.05, 0) is 18.6 Å². The minimum atomic E-state index is -0.729. The van der Waals surface area contributed by atoms with Gasteiger partial charge in [-0.3, -0.25) is 9.59 Å². The fraction of sp³-hybridized carbons (Fsp3) is 0.833. The monoisotopic (exact) mass is 277 g/mol. The maximum atomic E-state index is 11.5. The average molecular weight is 277 g/mol. The molecule has 0 bridgehead atoms. The van der Waals surface area contributed by atoms with Gasteiger partial charge in [0, 0.05) is 19.4 Å². The molecule has 6 heteroatoms. The molecule has 1 unspecified atom stereocenters. The molecule has 0 aliphatic heterocycles. The van der Waals surface area contributed by atoms with Crippen LogP contribution < -0.4 is 11.1 Å². The first kappa shape index (κ1) is 17.2. The molecule has 5 N–H and O–H groups in total. The van der Waals surface area contributed by atoms with Crippen molar-refractivity contribution in [3.05, 3.63) is 0 Å². The van der Waals surface area contributed by atoms with Crippen molar-refractivity contribution in [3.63, 3.8) is 0 Å². The average Bonchev–Trinajstić information content (AvgIpc) is 2.32. The lowest BCUT2D eigenvalue weighted by atomic mass is 10.1. The number of thiol groups is 1. The molecule has 5 nitrogen and oxygen atoms in total. The van der Waals surface area contributed by atoms with E-state index in [-0.39, 0.29) is 18.4 Å². The van der Waals surface area contributed by atoms with Gasteiger partial charge in [0.05, 0.1) is 0 Å². The van der Waals surface area contributed by atoms with E-state index in [9.17, 15) is 9.59 Å². The number of carbonyl (C=O) groups is 2. The van der Waals surface area contributed by atoms with Crippen LogP contribution in [-0.2, 0) is 9.59 Å². The van der Waals surface area contributed by atoms with E-state index in [1.807, 2.05) is 0 Å². The number of quaternary nitrogens is 1. The van der Waals surface area contributed by atoms with Gasteiger partial charge in [-0.15, -0.1) is 0 Å². The molecule has 0 spiro atoms. The quantitative estimate of drug-likeness (QED) is 0.326. The van der Waals surface area contributed by atoms with Crippen LogP contribution in [0, 0.1) is 0 Å². The molecule has 1 atom stereocenters. The largest absolute Gasteiger partial charge is 0.481 e. The van der Waals surface area contributed by atoms with Crippen LogP contribution in [0.3, 0.4) is 0 Å². The Morgan fingerprint density at radius 1 is 1.17 bits per heavy atom. The highest BCUT2D eigenvalue weighted by molar-refractivity contribution is 7.80. The minimum absolute atomic E-state index is 0.00470. The zero-order valence-electron chi connectivity index (χ0n) is 10.9. The number of hydrogen-bond donors (Lipinski definition) is 4. The first-order valence-electron chi connectivity index (χ1n) is 6.51. The second-order valence-electron chi connectivity index (χ2n) is 4.41. The Kier molecular flexibility index (Phi) is 10.9. The molecule has 0 aromatic rings. The molecule has 0 rings (SSSR count). The molecular formula is C12H25N2O3S+. The predicted octanol–water partition coefficient (Wildman–Crippen LogP) is 0.458. The lowest BCUT2D eigenvalue weighted by molar-refractivity contribution is -0.403. The van der Waals surface area contributed by atoms with E-state index in [0.29, 0.717) is 18.7 Å². The van der Waals surface area contributed by atoms with Gasteiger partial charge in [-0.2, -0.15) is 12.6 Å². The first-order chi connectivity index (χ1) is 8.57. The van der Waals surface area contributed by atoms with Crippen molar-refractivity contribution in [2.24, 2.45) is 0 Å². The van der Waals surface area contributed by atoms with Crippen LogP contribution in [0.4, 0.5) is 0 Å². The molecule has 0 fully saturated rings. The predicted molar refractivity (Wildman–Crippen MR) is 73.5 cm³/mol. The Balaban J connectivity index is 3.29. The fourth-order valence-corrected chi connectivity index (χ4v) is 1.89. The molecule has 0 aliphatic carbocycles. The summed E-state index contributed by atoms with van der Waals surface area (Å²) in [7, 11) is 0. The molecule has 1 amide bonds. The maximum Gasteiger partial charge on any atom is 0.303 e. The first-order valence-corrected chi connectivity index (χ1v) is 7.14. The lowest BCUT2D eigenvalue weighted by Crippen LogP contribution is -2.67. The van der Waals surface area contributed by atoms with Gasteiger partial charge in [0.1, 0.15) is 0 Å². The van der Waals surface area contributed by atoms with Crippen LogP contribution in [0.25, 0.3) is 0 Å². The number of amides is 1. The van der Waals surface area contributed by atoms with E-state index < -0.39 is 5.97 Å². The Labute approximate surface area is 114 Å². The summed E-state index contributed by atoms with van der Waals surface area (Å²) in [6.07, 6.45) is 5.62. The van der Waals surface area contributed by atoms with Crippen LogP contribution >= 0.6 is 12.6 Å². The number of hydrogen-bond acceptors (Lipinski definition) is 3. The standard InChI is InChI=1S/C12H24N2O3S/c13-10(7-9-18)12(17)14-8-5-3-1-2-4-6-11(15)16/h10,18H,1-9,13H2,(H,14,17)(H,15,16)/p+1. The smallest absolute Gasteiger partial charge is 0.303 e. The molecule has 0 aromatic carbocycles. The van der Waals surface area contributed by atoms with E-state index in [0.717, 1.165) is 32.1 Å². The van der Waals surface area contributed by atoms with Gasteiger partial charge in [-0.1, -0.05) is 19.3 Å². The van der Waals surface area contributed by atoms with Crippen LogP contribution in [0.15, 0.2) is 0 Å². The Bertz CT molecular complexity index is 249. The zero-order valence-corrected chi connectivity index (χ0v) is 11.8. The summed E-state index contributed by atoms with van der Waals surface area (Å²) in [6, 6.07) is -0.210. The van der Waals surface area contributed by atoms with Crippen molar-refractivity contribution in [2.45, 2.75) is 51.0 Å². The van der Waals surface area contributed by atoms with Crippen molar-refractivity contribution in [1.29, 1.82) is 0 Å². The van der Waals surface area contributed by atoms with Crippen LogP contribution in [0.1, 0.15) is 44.9 Å². The van der Waals surface area contributed by atoms with E-state index >= 15 is 0 Å². The molecule has 0 aromatic heterocycles. The molecule has 0 saturated heterocycles. The van der Waals surface area contributed by atoms with Crippen molar-refractivity contribution in [1.82, 2.24) is 5.32 Å². The van der Waals surface area contributed by atoms with Crippen LogP contribution in [-0.4, -0.2) is 35.3 Å². The molecular weight excluding hydrogens is 252 g/mol. The van der Waals surface area contributed by atoms with Gasteiger partial charge >= 0.3 is 5.97 Å². The molecule has 0 saturated carbocycles. The van der Waals surface area contributed by atoms with E-state index in [4.69, 9.17) is 5.11 Å². The van der Waals surface area contributed by atoms with Crippen molar-refractivity contribution in [2.75, 3.05) is 12.3 Å². The Hall–Kier alpha value is -0.750. The SMILES string of the molecule is [NH3+]C(CCS)C(=O)NCCCCCCCC(=O)O. The third-order valence-electron chi connectivity index (χ3n) is 2.72. The van der Waals surface area contributed by atoms with Crippen LogP contribution in [0.5, 0.6) is 0 Å². The van der Waals surface area contributed by atoms with E-state index in [1.54, 1.807) is 0 Å². The highest BCUT2D eigenvalue weighted by atomic mass is 32.1. The third-order valence-corrected chi connectivity index (χ3v) is 2.97. The van der Waals surface area contributed by atoms with Crippen molar-refractivity contribution < 1.29 is 20.4 Å². The normalized spacial score (nSPS) is 12.1. The van der Waals surface area contributed by atoms with Crippen LogP contribution in [0.2, 0.25) is 0 Å². The maximum absolute atomic E-state index is 11.5. The fourth-order valence-electron chi connectivity index (χ4n) is 1.57. The van der Waals surface area contributed by atoms with E-state index in [1.165, 1.54) is 0 Å². The number of carboxylic acids is 1. The number of rotatable bonds is 11. The molecule has 0 radical (unpaired) electrons. The summed E-state index contributed by atoms with van der Waals surface area (Å²) in [5.74, 6) is -0.0617. The summed E-state index contributed by atoms with van der Waals surface area (Å²) in [6.45, 7) is 0.677. The molecule has 0 aliphatic rings. The van der Waals surface area contributed by atoms with Crippen molar-refractivity contribution in [3.8, 4) is 0 Å². The summed E-state index contributed by atoms with van der Waals surface area (Å²) in [5.41, 5.74) is 3.77. The number of carboxylic acid groups (broad SMARTS) is 1. The van der Waals surface area contributed by atoms with Gasteiger partial charge in [0.25, 0.3) is 5.91 Å².